The summed E-state index contributed by atoms with van der Waals surface area (Å²) in [5.41, 5.74) is 0.887. The van der Waals surface area contributed by atoms with Gasteiger partial charge in [-0.1, -0.05) is 6.92 Å². The van der Waals surface area contributed by atoms with Crippen molar-refractivity contribution in [2.45, 2.75) is 57.4 Å². The highest BCUT2D eigenvalue weighted by atomic mass is 16.5. The van der Waals surface area contributed by atoms with Crippen LogP contribution in [0.15, 0.2) is 0 Å². The molecular weight excluding hydrogens is 222 g/mol. The molecule has 5 aliphatic rings. The molecular formula is C16H27NO. The van der Waals surface area contributed by atoms with Crippen LogP contribution >= 0.6 is 0 Å². The van der Waals surface area contributed by atoms with Gasteiger partial charge in [-0.25, -0.2) is 0 Å². The van der Waals surface area contributed by atoms with Crippen molar-refractivity contribution >= 4 is 0 Å². The molecule has 4 aliphatic carbocycles. The molecule has 1 heterocycles. The summed E-state index contributed by atoms with van der Waals surface area (Å²) >= 11 is 0. The van der Waals surface area contributed by atoms with Crippen LogP contribution in [-0.4, -0.2) is 25.3 Å². The fraction of sp³-hybridized carbons (Fsp3) is 1.00. The average Bonchev–Trinajstić information content (AvgIpc) is 2.38. The Hall–Kier alpha value is -0.0800. The molecule has 4 bridgehead atoms. The van der Waals surface area contributed by atoms with E-state index in [9.17, 15) is 0 Å². The van der Waals surface area contributed by atoms with Crippen molar-refractivity contribution in [3.63, 3.8) is 0 Å². The summed E-state index contributed by atoms with van der Waals surface area (Å²) in [5, 5.41) is 3.91. The van der Waals surface area contributed by atoms with Crippen molar-refractivity contribution in [3.05, 3.63) is 0 Å². The van der Waals surface area contributed by atoms with Crippen molar-refractivity contribution in [2.24, 2.45) is 23.2 Å². The zero-order chi connectivity index (χ0) is 12.2. The van der Waals surface area contributed by atoms with Crippen LogP contribution in [0.4, 0.5) is 0 Å². The second-order valence-corrected chi connectivity index (χ2v) is 7.61. The molecule has 0 aromatic rings. The van der Waals surface area contributed by atoms with Gasteiger partial charge in [-0.3, -0.25) is 0 Å². The summed E-state index contributed by atoms with van der Waals surface area (Å²) in [6, 6.07) is 0. The first-order valence-electron chi connectivity index (χ1n) is 8.08. The van der Waals surface area contributed by atoms with Gasteiger partial charge in [-0.05, 0) is 68.1 Å². The first-order valence-corrected chi connectivity index (χ1v) is 8.08. The maximum Gasteiger partial charge on any atom is 0.0654 e. The maximum absolute atomic E-state index is 5.90. The van der Waals surface area contributed by atoms with Gasteiger partial charge in [0.05, 0.1) is 13.2 Å². The molecule has 5 rings (SSSR count). The van der Waals surface area contributed by atoms with Gasteiger partial charge in [0.1, 0.15) is 0 Å². The van der Waals surface area contributed by atoms with Gasteiger partial charge in [0, 0.05) is 12.1 Å². The topological polar surface area (TPSA) is 21.3 Å². The largest absolute Gasteiger partial charge is 0.378 e. The predicted molar refractivity (Wildman–Crippen MR) is 72.4 cm³/mol. The lowest BCUT2D eigenvalue weighted by Crippen LogP contribution is -2.68. The molecule has 1 saturated heterocycles. The third-order valence-corrected chi connectivity index (χ3v) is 6.72. The standard InChI is InChI=1S/C16H27NO/c1-2-16(11-18-4-3-17-16)15-8-12-5-13(9-15)7-14(6-12)10-15/h12-14,17H,2-11H2,1H3. The molecule has 2 heteroatoms. The van der Waals surface area contributed by atoms with E-state index in [1.807, 2.05) is 0 Å². The maximum atomic E-state index is 5.90. The van der Waals surface area contributed by atoms with Crippen LogP contribution in [0.25, 0.3) is 0 Å². The quantitative estimate of drug-likeness (QED) is 0.812. The molecule has 0 radical (unpaired) electrons. The molecule has 1 unspecified atom stereocenters. The molecule has 1 N–H and O–H groups in total. The third kappa shape index (κ3) is 1.48. The number of nitrogens with one attached hydrogen (secondary N) is 1. The van der Waals surface area contributed by atoms with Crippen molar-refractivity contribution in [1.29, 1.82) is 0 Å². The number of morpholine rings is 1. The van der Waals surface area contributed by atoms with Gasteiger partial charge in [-0.15, -0.1) is 0 Å². The molecule has 4 saturated carbocycles. The van der Waals surface area contributed by atoms with E-state index in [1.165, 1.54) is 25.7 Å². The highest BCUT2D eigenvalue weighted by Crippen LogP contribution is 2.64. The van der Waals surface area contributed by atoms with Gasteiger partial charge >= 0.3 is 0 Å². The molecule has 102 valence electrons. The van der Waals surface area contributed by atoms with E-state index in [0.717, 1.165) is 37.5 Å². The number of ether oxygens (including phenoxy) is 1. The van der Waals surface area contributed by atoms with Crippen LogP contribution in [-0.2, 0) is 4.74 Å². The lowest BCUT2D eigenvalue weighted by Gasteiger charge is -2.64. The van der Waals surface area contributed by atoms with Crippen LogP contribution in [0.1, 0.15) is 51.9 Å². The Bertz CT molecular complexity index is 297. The minimum absolute atomic E-state index is 0.307. The van der Waals surface area contributed by atoms with E-state index in [4.69, 9.17) is 4.74 Å². The Morgan fingerprint density at radius 1 is 1.06 bits per heavy atom. The lowest BCUT2D eigenvalue weighted by molar-refractivity contribution is -0.143. The first-order chi connectivity index (χ1) is 8.75. The van der Waals surface area contributed by atoms with Crippen molar-refractivity contribution in [1.82, 2.24) is 5.32 Å². The fourth-order valence-electron chi connectivity index (χ4n) is 6.30. The van der Waals surface area contributed by atoms with E-state index in [0.29, 0.717) is 11.0 Å². The first kappa shape index (κ1) is 11.7. The smallest absolute Gasteiger partial charge is 0.0654 e. The van der Waals surface area contributed by atoms with Crippen LogP contribution in [0, 0.1) is 23.2 Å². The molecule has 0 aromatic carbocycles. The average molecular weight is 249 g/mol. The van der Waals surface area contributed by atoms with Gasteiger partial charge in [0.2, 0.25) is 0 Å². The Balaban J connectivity index is 1.69. The van der Waals surface area contributed by atoms with Crippen LogP contribution in [0.3, 0.4) is 0 Å². The zero-order valence-corrected chi connectivity index (χ0v) is 11.7. The summed E-state index contributed by atoms with van der Waals surface area (Å²) in [6.45, 7) is 5.32. The van der Waals surface area contributed by atoms with E-state index in [2.05, 4.69) is 12.2 Å². The molecule has 1 aliphatic heterocycles. The van der Waals surface area contributed by atoms with Gasteiger partial charge in [-0.2, -0.15) is 0 Å². The molecule has 0 amide bonds. The second kappa shape index (κ2) is 3.96. The molecule has 1 atom stereocenters. The van der Waals surface area contributed by atoms with Gasteiger partial charge in [0.25, 0.3) is 0 Å². The van der Waals surface area contributed by atoms with E-state index < -0.39 is 0 Å². The Kier molecular flexibility index (Phi) is 2.58. The van der Waals surface area contributed by atoms with E-state index >= 15 is 0 Å². The van der Waals surface area contributed by atoms with Gasteiger partial charge in [0.15, 0.2) is 0 Å². The van der Waals surface area contributed by atoms with E-state index in [1.54, 1.807) is 19.3 Å². The third-order valence-electron chi connectivity index (χ3n) is 6.72. The summed E-state index contributed by atoms with van der Waals surface area (Å²) in [5.74, 6) is 3.13. The highest BCUT2D eigenvalue weighted by Gasteiger charge is 2.60. The molecule has 5 fully saturated rings. The van der Waals surface area contributed by atoms with Gasteiger partial charge < -0.3 is 10.1 Å². The monoisotopic (exact) mass is 249 g/mol. The van der Waals surface area contributed by atoms with Crippen molar-refractivity contribution in [2.75, 3.05) is 19.8 Å². The highest BCUT2D eigenvalue weighted by molar-refractivity contribution is 5.13. The normalized spacial score (nSPS) is 54.8. The Morgan fingerprint density at radius 2 is 1.67 bits per heavy atom. The van der Waals surface area contributed by atoms with E-state index in [-0.39, 0.29) is 0 Å². The second-order valence-electron chi connectivity index (χ2n) is 7.61. The Morgan fingerprint density at radius 3 is 2.11 bits per heavy atom. The number of hydrogen-bond acceptors (Lipinski definition) is 2. The SMILES string of the molecule is CCC1(C23CC4CC(CC(C4)C2)C3)COCCN1. The molecule has 0 spiro atoms. The minimum Gasteiger partial charge on any atom is -0.378 e. The summed E-state index contributed by atoms with van der Waals surface area (Å²) < 4.78 is 5.90. The number of rotatable bonds is 2. The minimum atomic E-state index is 0.307. The zero-order valence-electron chi connectivity index (χ0n) is 11.7. The molecule has 0 aromatic heterocycles. The van der Waals surface area contributed by atoms with Crippen molar-refractivity contribution < 1.29 is 4.74 Å². The molecule has 2 nitrogen and oxygen atoms in total. The predicted octanol–water partition coefficient (Wildman–Crippen LogP) is 2.97. The summed E-state index contributed by atoms with van der Waals surface area (Å²) in [6.07, 6.45) is 10.3. The van der Waals surface area contributed by atoms with Crippen LogP contribution in [0.5, 0.6) is 0 Å². The van der Waals surface area contributed by atoms with Crippen LogP contribution in [0.2, 0.25) is 0 Å². The Labute approximate surface area is 111 Å². The lowest BCUT2D eigenvalue weighted by atomic mass is 9.44. The fourth-order valence-corrected chi connectivity index (χ4v) is 6.30. The summed E-state index contributed by atoms with van der Waals surface area (Å²) in [7, 11) is 0. The number of hydrogen-bond donors (Lipinski definition) is 1. The van der Waals surface area contributed by atoms with Crippen LogP contribution < -0.4 is 5.32 Å². The molecule has 18 heavy (non-hydrogen) atoms. The summed E-state index contributed by atoms with van der Waals surface area (Å²) in [4.78, 5) is 0. The van der Waals surface area contributed by atoms with Crippen molar-refractivity contribution in [3.8, 4) is 0 Å².